The van der Waals surface area contributed by atoms with Crippen LogP contribution in [0.15, 0.2) is 34.8 Å². The van der Waals surface area contributed by atoms with Gasteiger partial charge in [0.25, 0.3) is 0 Å². The summed E-state index contributed by atoms with van der Waals surface area (Å²) in [6, 6.07) is 10.3. The summed E-state index contributed by atoms with van der Waals surface area (Å²) in [6.45, 7) is 0. The van der Waals surface area contributed by atoms with Crippen molar-refractivity contribution in [3.05, 3.63) is 49.8 Å². The van der Waals surface area contributed by atoms with E-state index in [0.29, 0.717) is 25.9 Å². The molecule has 21 heavy (non-hydrogen) atoms. The van der Waals surface area contributed by atoms with Gasteiger partial charge in [-0.05, 0) is 46.9 Å². The first kappa shape index (κ1) is 14.3. The van der Waals surface area contributed by atoms with E-state index in [1.807, 2.05) is 22.6 Å². The van der Waals surface area contributed by atoms with Crippen LogP contribution in [0.1, 0.15) is 5.56 Å². The minimum atomic E-state index is -0.347. The highest BCUT2D eigenvalue weighted by Crippen LogP contribution is 2.29. The van der Waals surface area contributed by atoms with Crippen LogP contribution in [0, 0.1) is 20.7 Å². The zero-order chi connectivity index (χ0) is 15.1. The molecular formula is C14H7BrFIN4. The molecular weight excluding hydrogens is 450 g/mol. The zero-order valence-electron chi connectivity index (χ0n) is 10.4. The van der Waals surface area contributed by atoms with Gasteiger partial charge in [-0.2, -0.15) is 5.26 Å². The molecule has 0 aliphatic carbocycles. The second-order valence-electron chi connectivity index (χ2n) is 4.33. The Balaban J connectivity index is 2.38. The van der Waals surface area contributed by atoms with E-state index in [4.69, 9.17) is 5.73 Å². The van der Waals surface area contributed by atoms with E-state index < -0.39 is 0 Å². The van der Waals surface area contributed by atoms with Crippen LogP contribution < -0.4 is 5.73 Å². The van der Waals surface area contributed by atoms with Gasteiger partial charge in [0.05, 0.1) is 25.9 Å². The number of nitrogens with two attached hydrogens (primary N) is 1. The van der Waals surface area contributed by atoms with E-state index in [1.165, 1.54) is 6.07 Å². The number of aromatic nitrogens is 2. The quantitative estimate of drug-likeness (QED) is 0.563. The van der Waals surface area contributed by atoms with Crippen molar-refractivity contribution in [1.29, 1.82) is 5.26 Å². The highest BCUT2D eigenvalue weighted by molar-refractivity contribution is 14.1. The normalized spacial score (nSPS) is 10.8. The van der Waals surface area contributed by atoms with Gasteiger partial charge in [0.2, 0.25) is 5.95 Å². The summed E-state index contributed by atoms with van der Waals surface area (Å²) in [6.07, 6.45) is 0. The van der Waals surface area contributed by atoms with E-state index in [9.17, 15) is 9.65 Å². The van der Waals surface area contributed by atoms with Gasteiger partial charge in [-0.3, -0.25) is 4.57 Å². The van der Waals surface area contributed by atoms with E-state index >= 15 is 0 Å². The molecule has 0 amide bonds. The third-order valence-electron chi connectivity index (χ3n) is 3.04. The second kappa shape index (κ2) is 5.27. The van der Waals surface area contributed by atoms with Gasteiger partial charge < -0.3 is 5.73 Å². The van der Waals surface area contributed by atoms with Crippen LogP contribution >= 0.6 is 38.5 Å². The van der Waals surface area contributed by atoms with Crippen LogP contribution in [-0.2, 0) is 0 Å². The molecule has 1 aromatic heterocycles. The zero-order valence-corrected chi connectivity index (χ0v) is 14.2. The SMILES string of the molecule is N#Cc1cc(Br)ccc1-n1c(N)nc2cc(I)c(F)cc21. The molecule has 0 aliphatic rings. The number of hydrogen-bond acceptors (Lipinski definition) is 3. The van der Waals surface area contributed by atoms with Crippen LogP contribution in [0.4, 0.5) is 10.3 Å². The Morgan fingerprint density at radius 2 is 2.10 bits per heavy atom. The van der Waals surface area contributed by atoms with E-state index in [1.54, 1.807) is 28.8 Å². The molecule has 0 atom stereocenters. The third-order valence-corrected chi connectivity index (χ3v) is 4.36. The van der Waals surface area contributed by atoms with Gasteiger partial charge in [0.1, 0.15) is 11.9 Å². The third kappa shape index (κ3) is 2.38. The summed E-state index contributed by atoms with van der Waals surface area (Å²) in [4.78, 5) is 4.24. The maximum atomic E-state index is 13.8. The lowest BCUT2D eigenvalue weighted by atomic mass is 10.2. The molecule has 0 unspecified atom stereocenters. The fourth-order valence-electron chi connectivity index (χ4n) is 2.14. The fraction of sp³-hybridized carbons (Fsp3) is 0. The van der Waals surface area contributed by atoms with E-state index in [0.717, 1.165) is 4.47 Å². The Labute approximate surface area is 141 Å². The van der Waals surface area contributed by atoms with Gasteiger partial charge in [0, 0.05) is 10.5 Å². The number of fused-ring (bicyclic) bond motifs is 1. The average Bonchev–Trinajstić information content (AvgIpc) is 2.75. The second-order valence-corrected chi connectivity index (χ2v) is 6.41. The summed E-state index contributed by atoms with van der Waals surface area (Å²) in [5, 5.41) is 9.28. The number of nitrogen functional groups attached to an aromatic ring is 1. The Hall–Kier alpha value is -1.66. The molecule has 0 saturated heterocycles. The van der Waals surface area contributed by atoms with Crippen molar-refractivity contribution in [2.24, 2.45) is 0 Å². The Morgan fingerprint density at radius 3 is 2.81 bits per heavy atom. The lowest BCUT2D eigenvalue weighted by Crippen LogP contribution is -2.03. The highest BCUT2D eigenvalue weighted by Gasteiger charge is 2.15. The average molecular weight is 457 g/mol. The minimum Gasteiger partial charge on any atom is -0.369 e. The lowest BCUT2D eigenvalue weighted by molar-refractivity contribution is 0.622. The molecule has 3 aromatic rings. The number of anilines is 1. The van der Waals surface area contributed by atoms with Crippen molar-refractivity contribution < 1.29 is 4.39 Å². The van der Waals surface area contributed by atoms with Crippen LogP contribution in [0.25, 0.3) is 16.7 Å². The summed E-state index contributed by atoms with van der Waals surface area (Å²) >= 11 is 5.22. The van der Waals surface area contributed by atoms with Crippen molar-refractivity contribution in [3.63, 3.8) is 0 Å². The van der Waals surface area contributed by atoms with Gasteiger partial charge in [-0.15, -0.1) is 0 Å². The number of rotatable bonds is 1. The first-order chi connectivity index (χ1) is 10.0. The molecule has 0 bridgehead atoms. The van der Waals surface area contributed by atoms with Crippen LogP contribution in [0.3, 0.4) is 0 Å². The predicted molar refractivity (Wildman–Crippen MR) is 90.6 cm³/mol. The number of nitriles is 1. The number of imidazole rings is 1. The molecule has 0 spiro atoms. The monoisotopic (exact) mass is 456 g/mol. The lowest BCUT2D eigenvalue weighted by Gasteiger charge is -2.09. The first-order valence-electron chi connectivity index (χ1n) is 5.84. The Bertz CT molecular complexity index is 913. The van der Waals surface area contributed by atoms with Gasteiger partial charge in [-0.25, -0.2) is 9.37 Å². The summed E-state index contributed by atoms with van der Waals surface area (Å²) in [5.74, 6) is -0.134. The predicted octanol–water partition coefficient (Wildman–Crippen LogP) is 3.99. The molecule has 0 radical (unpaired) electrons. The van der Waals surface area contributed by atoms with Crippen LogP contribution in [-0.4, -0.2) is 9.55 Å². The van der Waals surface area contributed by atoms with Crippen molar-refractivity contribution in [2.75, 3.05) is 5.73 Å². The van der Waals surface area contributed by atoms with Crippen molar-refractivity contribution >= 4 is 55.5 Å². The minimum absolute atomic E-state index is 0.213. The number of hydrogen-bond donors (Lipinski definition) is 1. The Morgan fingerprint density at radius 1 is 1.33 bits per heavy atom. The molecule has 0 aliphatic heterocycles. The number of halogens is 3. The molecule has 0 saturated carbocycles. The summed E-state index contributed by atoms with van der Waals surface area (Å²) in [5.41, 5.74) is 8.07. The standard InChI is InChI=1S/C14H7BrFIN4/c15-8-1-2-12(7(3-8)6-18)21-13-4-9(16)10(17)5-11(13)20-14(21)19/h1-5H,(H2,19,20). The largest absolute Gasteiger partial charge is 0.369 e. The number of nitrogens with zero attached hydrogens (tertiary/aromatic N) is 3. The molecule has 7 heteroatoms. The van der Waals surface area contributed by atoms with E-state index in [2.05, 4.69) is 27.0 Å². The van der Waals surface area contributed by atoms with Crippen molar-refractivity contribution in [2.45, 2.75) is 0 Å². The van der Waals surface area contributed by atoms with Crippen molar-refractivity contribution in [1.82, 2.24) is 9.55 Å². The van der Waals surface area contributed by atoms with Crippen LogP contribution in [0.5, 0.6) is 0 Å². The van der Waals surface area contributed by atoms with Gasteiger partial charge >= 0.3 is 0 Å². The fourth-order valence-corrected chi connectivity index (χ4v) is 2.95. The topological polar surface area (TPSA) is 67.6 Å². The van der Waals surface area contributed by atoms with Crippen LogP contribution in [0.2, 0.25) is 0 Å². The first-order valence-corrected chi connectivity index (χ1v) is 7.71. The highest BCUT2D eigenvalue weighted by atomic mass is 127. The molecule has 1 heterocycles. The molecule has 4 nitrogen and oxygen atoms in total. The van der Waals surface area contributed by atoms with Gasteiger partial charge in [0.15, 0.2) is 0 Å². The maximum Gasteiger partial charge on any atom is 0.205 e. The molecule has 2 aromatic carbocycles. The van der Waals surface area contributed by atoms with E-state index in [-0.39, 0.29) is 11.8 Å². The summed E-state index contributed by atoms with van der Waals surface area (Å²) in [7, 11) is 0. The molecule has 2 N–H and O–H groups in total. The maximum absolute atomic E-state index is 13.8. The smallest absolute Gasteiger partial charge is 0.205 e. The molecule has 0 fully saturated rings. The summed E-state index contributed by atoms with van der Waals surface area (Å²) < 4.78 is 16.7. The Kier molecular flexibility index (Phi) is 3.59. The van der Waals surface area contributed by atoms with Crippen molar-refractivity contribution in [3.8, 4) is 11.8 Å². The molecule has 104 valence electrons. The number of benzene rings is 2. The molecule has 3 rings (SSSR count). The van der Waals surface area contributed by atoms with Gasteiger partial charge in [-0.1, -0.05) is 15.9 Å².